The van der Waals surface area contributed by atoms with E-state index >= 15 is 0 Å². The number of hydrogen-bond donors (Lipinski definition) is 1. The van der Waals surface area contributed by atoms with Gasteiger partial charge in [-0.15, -0.1) is 17.8 Å². The highest BCUT2D eigenvalue weighted by molar-refractivity contribution is 7.20. The van der Waals surface area contributed by atoms with E-state index in [1.807, 2.05) is 0 Å². The lowest BCUT2D eigenvalue weighted by Crippen LogP contribution is -2.19. The SMILES string of the molecule is C#CCn1cnc2sc(C(=O)O)c(C)c2c1=O. The molecule has 17 heavy (non-hydrogen) atoms. The number of nitrogens with zero attached hydrogens (tertiary/aromatic N) is 2. The van der Waals surface area contributed by atoms with Gasteiger partial charge in [-0.1, -0.05) is 5.92 Å². The summed E-state index contributed by atoms with van der Waals surface area (Å²) in [5, 5.41) is 9.31. The van der Waals surface area contributed by atoms with Crippen LogP contribution in [0, 0.1) is 19.3 Å². The molecule has 2 aromatic heterocycles. The van der Waals surface area contributed by atoms with Gasteiger partial charge >= 0.3 is 5.97 Å². The standard InChI is InChI=1S/C11H8N2O3S/c1-3-4-13-5-12-9-7(10(13)14)6(2)8(17-9)11(15)16/h1,5H,4H2,2H3,(H,15,16). The first kappa shape index (κ1) is 11.4. The number of aryl methyl sites for hydroxylation is 1. The first-order valence-corrected chi connectivity index (χ1v) is 5.53. The number of thiophene rings is 1. The summed E-state index contributed by atoms with van der Waals surface area (Å²) in [5.74, 6) is 1.30. The lowest BCUT2D eigenvalue weighted by Gasteiger charge is -1.99. The highest BCUT2D eigenvalue weighted by Gasteiger charge is 2.18. The number of terminal acetylenes is 1. The van der Waals surface area contributed by atoms with Crippen molar-refractivity contribution >= 4 is 27.5 Å². The third kappa shape index (κ3) is 1.70. The van der Waals surface area contributed by atoms with E-state index in [1.54, 1.807) is 6.92 Å². The van der Waals surface area contributed by atoms with Crippen LogP contribution in [0.2, 0.25) is 0 Å². The molecule has 1 N–H and O–H groups in total. The molecular weight excluding hydrogens is 240 g/mol. The van der Waals surface area contributed by atoms with Crippen molar-refractivity contribution in [2.75, 3.05) is 0 Å². The van der Waals surface area contributed by atoms with Crippen molar-refractivity contribution in [2.24, 2.45) is 0 Å². The van der Waals surface area contributed by atoms with Gasteiger partial charge in [-0.3, -0.25) is 9.36 Å². The molecule has 2 rings (SSSR count). The molecule has 0 aliphatic carbocycles. The Morgan fingerprint density at radius 3 is 3.00 bits per heavy atom. The van der Waals surface area contributed by atoms with Gasteiger partial charge in [0, 0.05) is 0 Å². The maximum Gasteiger partial charge on any atom is 0.346 e. The van der Waals surface area contributed by atoms with E-state index in [9.17, 15) is 9.59 Å². The normalized spacial score (nSPS) is 10.4. The van der Waals surface area contributed by atoms with Crippen LogP contribution in [0.3, 0.4) is 0 Å². The Morgan fingerprint density at radius 2 is 2.41 bits per heavy atom. The van der Waals surface area contributed by atoms with Crippen LogP contribution in [-0.2, 0) is 6.54 Å². The van der Waals surface area contributed by atoms with Crippen LogP contribution in [-0.4, -0.2) is 20.6 Å². The first-order valence-electron chi connectivity index (χ1n) is 4.71. The summed E-state index contributed by atoms with van der Waals surface area (Å²) in [6, 6.07) is 0. The molecule has 0 saturated carbocycles. The van der Waals surface area contributed by atoms with Crippen LogP contribution in [0.25, 0.3) is 10.2 Å². The zero-order valence-corrected chi connectivity index (χ0v) is 9.74. The number of aromatic carboxylic acids is 1. The van der Waals surface area contributed by atoms with E-state index < -0.39 is 5.97 Å². The molecule has 2 aromatic rings. The number of rotatable bonds is 2. The third-order valence-electron chi connectivity index (χ3n) is 2.37. The molecule has 0 aliphatic rings. The molecule has 0 atom stereocenters. The molecule has 0 aromatic carbocycles. The number of carboxylic acids is 1. The average molecular weight is 248 g/mol. The summed E-state index contributed by atoms with van der Waals surface area (Å²) < 4.78 is 1.29. The quantitative estimate of drug-likeness (QED) is 0.808. The van der Waals surface area contributed by atoms with Crippen molar-refractivity contribution in [3.8, 4) is 12.3 Å². The number of fused-ring (bicyclic) bond motifs is 1. The van der Waals surface area contributed by atoms with Crippen molar-refractivity contribution in [1.29, 1.82) is 0 Å². The van der Waals surface area contributed by atoms with E-state index in [0.717, 1.165) is 11.3 Å². The second-order valence-electron chi connectivity index (χ2n) is 3.42. The Kier molecular flexibility index (Phi) is 2.69. The minimum atomic E-state index is -1.05. The maximum absolute atomic E-state index is 12.0. The van der Waals surface area contributed by atoms with Gasteiger partial charge in [0.2, 0.25) is 0 Å². The fourth-order valence-corrected chi connectivity index (χ4v) is 2.55. The molecule has 0 aliphatic heterocycles. The van der Waals surface area contributed by atoms with E-state index in [-0.39, 0.29) is 17.0 Å². The summed E-state index contributed by atoms with van der Waals surface area (Å²) in [7, 11) is 0. The van der Waals surface area contributed by atoms with Crippen molar-refractivity contribution < 1.29 is 9.90 Å². The molecule has 0 fully saturated rings. The summed E-state index contributed by atoms with van der Waals surface area (Å²) in [4.78, 5) is 27.6. The van der Waals surface area contributed by atoms with Gasteiger partial charge in [-0.25, -0.2) is 9.78 Å². The predicted octanol–water partition coefficient (Wildman–Crippen LogP) is 1.10. The average Bonchev–Trinajstić information content (AvgIpc) is 2.61. The zero-order valence-electron chi connectivity index (χ0n) is 8.93. The Bertz CT molecular complexity index is 706. The van der Waals surface area contributed by atoms with Crippen molar-refractivity contribution in [3.63, 3.8) is 0 Å². The van der Waals surface area contributed by atoms with Crippen molar-refractivity contribution in [1.82, 2.24) is 9.55 Å². The second-order valence-corrected chi connectivity index (χ2v) is 4.42. The molecular formula is C11H8N2O3S. The number of aromatic nitrogens is 2. The van der Waals surface area contributed by atoms with E-state index in [1.165, 1.54) is 10.9 Å². The van der Waals surface area contributed by atoms with Crippen LogP contribution in [0.5, 0.6) is 0 Å². The minimum absolute atomic E-state index is 0.124. The largest absolute Gasteiger partial charge is 0.477 e. The fourth-order valence-electron chi connectivity index (χ4n) is 1.57. The lowest BCUT2D eigenvalue weighted by molar-refractivity contribution is 0.0701. The lowest BCUT2D eigenvalue weighted by atomic mass is 10.2. The van der Waals surface area contributed by atoms with Gasteiger partial charge in [-0.2, -0.15) is 0 Å². The van der Waals surface area contributed by atoms with Gasteiger partial charge in [0.25, 0.3) is 5.56 Å². The topological polar surface area (TPSA) is 72.2 Å². The number of carboxylic acid groups (broad SMARTS) is 1. The van der Waals surface area contributed by atoms with Gasteiger partial charge < -0.3 is 5.11 Å². The van der Waals surface area contributed by atoms with E-state index in [2.05, 4.69) is 10.9 Å². The smallest absolute Gasteiger partial charge is 0.346 e. The Labute approximate surface area is 100 Å². The van der Waals surface area contributed by atoms with Crippen LogP contribution >= 0.6 is 11.3 Å². The van der Waals surface area contributed by atoms with Gasteiger partial charge in [0.15, 0.2) is 0 Å². The Hall–Kier alpha value is -2.13. The fraction of sp³-hybridized carbons (Fsp3) is 0.182. The van der Waals surface area contributed by atoms with E-state index in [0.29, 0.717) is 15.8 Å². The second kappa shape index (κ2) is 4.03. The zero-order chi connectivity index (χ0) is 12.6. The van der Waals surface area contributed by atoms with Crippen LogP contribution in [0.4, 0.5) is 0 Å². The summed E-state index contributed by atoms with van der Waals surface area (Å²) in [6.45, 7) is 1.73. The molecule has 6 heteroatoms. The molecule has 0 unspecified atom stereocenters. The predicted molar refractivity (Wildman–Crippen MR) is 64.4 cm³/mol. The summed E-state index contributed by atoms with van der Waals surface area (Å²) in [5.41, 5.74) is 0.149. The van der Waals surface area contributed by atoms with Crippen LogP contribution < -0.4 is 5.56 Å². The molecule has 0 bridgehead atoms. The summed E-state index contributed by atoms with van der Waals surface area (Å²) >= 11 is 0.997. The maximum atomic E-state index is 12.0. The van der Waals surface area contributed by atoms with Gasteiger partial charge in [0.1, 0.15) is 9.71 Å². The highest BCUT2D eigenvalue weighted by Crippen LogP contribution is 2.26. The molecule has 5 nitrogen and oxygen atoms in total. The minimum Gasteiger partial charge on any atom is -0.477 e. The molecule has 0 amide bonds. The Balaban J connectivity index is 2.82. The highest BCUT2D eigenvalue weighted by atomic mass is 32.1. The molecule has 2 heterocycles. The van der Waals surface area contributed by atoms with Crippen molar-refractivity contribution in [3.05, 3.63) is 27.1 Å². The molecule has 86 valence electrons. The summed E-state index contributed by atoms with van der Waals surface area (Å²) in [6.07, 6.45) is 6.48. The molecule has 0 radical (unpaired) electrons. The number of carbonyl (C=O) groups is 1. The van der Waals surface area contributed by atoms with Gasteiger partial charge in [0.05, 0.1) is 18.3 Å². The van der Waals surface area contributed by atoms with E-state index in [4.69, 9.17) is 11.5 Å². The molecule has 0 saturated heterocycles. The van der Waals surface area contributed by atoms with Crippen LogP contribution in [0.15, 0.2) is 11.1 Å². The third-order valence-corrected chi connectivity index (χ3v) is 3.56. The Morgan fingerprint density at radius 1 is 1.71 bits per heavy atom. The first-order chi connectivity index (χ1) is 8.06. The van der Waals surface area contributed by atoms with Crippen molar-refractivity contribution in [2.45, 2.75) is 13.5 Å². The monoisotopic (exact) mass is 248 g/mol. The number of hydrogen-bond acceptors (Lipinski definition) is 4. The van der Waals surface area contributed by atoms with Gasteiger partial charge in [-0.05, 0) is 12.5 Å². The molecule has 0 spiro atoms. The van der Waals surface area contributed by atoms with Crippen LogP contribution in [0.1, 0.15) is 15.2 Å².